The van der Waals surface area contributed by atoms with Crippen LogP contribution in [0.5, 0.6) is 0 Å². The SMILES string of the molecule is c1cc2oc1[Si]13CCCCCCCCCCCCCCCC[Si]2(CCCCCCCCCCCCCCCC1)CCCCCCCCCCCCCCCC3. The normalized spacial score (nSPS) is 29.0. The van der Waals surface area contributed by atoms with Crippen molar-refractivity contribution in [1.82, 2.24) is 0 Å². The van der Waals surface area contributed by atoms with Gasteiger partial charge in [0.25, 0.3) is 0 Å². The summed E-state index contributed by atoms with van der Waals surface area (Å²) >= 11 is 0. The van der Waals surface area contributed by atoms with Crippen molar-refractivity contribution in [2.75, 3.05) is 0 Å². The summed E-state index contributed by atoms with van der Waals surface area (Å²) in [6, 6.07) is 14.5. The van der Waals surface area contributed by atoms with Crippen LogP contribution in [-0.2, 0) is 0 Å². The number of furan rings is 1. The van der Waals surface area contributed by atoms with E-state index in [1.54, 1.807) is 10.8 Å². The fraction of sp³-hybridized carbons (Fsp3) is 0.923. The molecule has 0 amide bonds. The van der Waals surface area contributed by atoms with Gasteiger partial charge in [-0.3, -0.25) is 0 Å². The minimum absolute atomic E-state index is 1.47. The smallest absolute Gasteiger partial charge is 0.132 e. The Balaban J connectivity index is 1.65. The molecule has 3 aliphatic heterocycles. The van der Waals surface area contributed by atoms with Crippen molar-refractivity contribution in [2.45, 2.75) is 306 Å². The first-order valence-corrected chi connectivity index (χ1v) is 31.7. The molecule has 1 nitrogen and oxygen atoms in total. The molecule has 0 saturated heterocycles. The molecule has 0 spiro atoms. The highest BCUT2D eigenvalue weighted by Crippen LogP contribution is 2.34. The minimum atomic E-state index is -1.72. The fourth-order valence-electron chi connectivity index (χ4n) is 11.5. The zero-order valence-corrected chi connectivity index (χ0v) is 39.5. The van der Waals surface area contributed by atoms with E-state index in [4.69, 9.17) is 4.42 Å². The van der Waals surface area contributed by atoms with Gasteiger partial charge in [-0.05, 0) is 12.1 Å². The highest BCUT2D eigenvalue weighted by molar-refractivity contribution is 6.93. The molecule has 3 heteroatoms. The van der Waals surface area contributed by atoms with Gasteiger partial charge in [-0.1, -0.05) is 306 Å². The van der Waals surface area contributed by atoms with E-state index in [9.17, 15) is 0 Å². The van der Waals surface area contributed by atoms with E-state index in [-0.39, 0.29) is 0 Å². The van der Waals surface area contributed by atoms with Crippen LogP contribution in [0.2, 0.25) is 36.3 Å². The number of hydrogen-bond acceptors (Lipinski definition) is 1. The van der Waals surface area contributed by atoms with Crippen LogP contribution in [0.25, 0.3) is 0 Å². The van der Waals surface area contributed by atoms with Crippen LogP contribution >= 0.6 is 0 Å². The van der Waals surface area contributed by atoms with Crippen molar-refractivity contribution in [1.29, 1.82) is 0 Å². The third-order valence-electron chi connectivity index (χ3n) is 15.3. The highest BCUT2D eigenvalue weighted by atomic mass is 28.3. The first-order chi connectivity index (χ1) is 27.3. The molecule has 0 fully saturated rings. The van der Waals surface area contributed by atoms with Crippen LogP contribution in [0.4, 0.5) is 0 Å². The third kappa shape index (κ3) is 20.5. The molecule has 55 heavy (non-hydrogen) atoms. The lowest BCUT2D eigenvalue weighted by Crippen LogP contribution is -2.50. The van der Waals surface area contributed by atoms with Crippen LogP contribution < -0.4 is 10.8 Å². The summed E-state index contributed by atoms with van der Waals surface area (Å²) in [5.41, 5.74) is 0. The molecular weight excluding hydrogens is 697 g/mol. The van der Waals surface area contributed by atoms with Gasteiger partial charge >= 0.3 is 0 Å². The molecule has 4 bridgehead atoms. The molecular formula is C52H98OSi2. The summed E-state index contributed by atoms with van der Waals surface area (Å²) in [6.07, 6.45) is 62.2. The van der Waals surface area contributed by atoms with Gasteiger partial charge in [-0.25, -0.2) is 0 Å². The van der Waals surface area contributed by atoms with Crippen LogP contribution in [0, 0.1) is 0 Å². The molecule has 3 aliphatic rings. The second kappa shape index (κ2) is 31.6. The Morgan fingerprint density at radius 1 is 0.200 bits per heavy atom. The van der Waals surface area contributed by atoms with Crippen LogP contribution in [0.3, 0.4) is 0 Å². The van der Waals surface area contributed by atoms with Gasteiger partial charge in [0.15, 0.2) is 0 Å². The lowest BCUT2D eigenvalue weighted by molar-refractivity contribution is 0.533. The van der Waals surface area contributed by atoms with Crippen molar-refractivity contribution >= 4 is 26.9 Å². The monoisotopic (exact) mass is 795 g/mol. The molecule has 0 saturated carbocycles. The molecule has 1 aromatic rings. The molecule has 0 atom stereocenters. The molecule has 320 valence electrons. The standard InChI is InChI=1S/C52H98OSi2/c1-2-8-14-20-26-32-38-46-55-49-41-35-29-23-17-11-5-3-9-15-21-27-33-39-47-54(51-43-44-52(55)53-51,45-37-31-25-19-13-7-1)48-40-34-28-22-16-10-4-6-12-18-24-30-36-42-50-55/h43-44H,1-42,45-50H2. The van der Waals surface area contributed by atoms with Crippen molar-refractivity contribution in [2.24, 2.45) is 0 Å². The molecule has 0 radical (unpaired) electrons. The Bertz CT molecular complexity index is 832. The Morgan fingerprint density at radius 3 is 0.473 bits per heavy atom. The largest absolute Gasteiger partial charge is 0.476 e. The van der Waals surface area contributed by atoms with E-state index in [0.29, 0.717) is 0 Å². The predicted molar refractivity (Wildman–Crippen MR) is 252 cm³/mol. The Labute approximate surface area is 347 Å². The molecule has 0 aliphatic carbocycles. The highest BCUT2D eigenvalue weighted by Gasteiger charge is 2.41. The van der Waals surface area contributed by atoms with Gasteiger partial charge in [0.2, 0.25) is 0 Å². The minimum Gasteiger partial charge on any atom is -0.476 e. The zero-order chi connectivity index (χ0) is 38.2. The molecule has 0 unspecified atom stereocenters. The second-order valence-corrected chi connectivity index (χ2v) is 29.2. The van der Waals surface area contributed by atoms with E-state index in [0.717, 1.165) is 0 Å². The predicted octanol–water partition coefficient (Wildman–Crippen LogP) is 18.0. The summed E-state index contributed by atoms with van der Waals surface area (Å²) in [5, 5.41) is 3.23. The van der Waals surface area contributed by atoms with E-state index in [2.05, 4.69) is 12.1 Å². The van der Waals surface area contributed by atoms with Gasteiger partial charge in [-0.2, -0.15) is 0 Å². The maximum atomic E-state index is 7.74. The Morgan fingerprint density at radius 2 is 0.327 bits per heavy atom. The van der Waals surface area contributed by atoms with Gasteiger partial charge in [0, 0.05) is 0 Å². The zero-order valence-electron chi connectivity index (χ0n) is 37.5. The van der Waals surface area contributed by atoms with E-state index in [1.807, 2.05) is 0 Å². The lowest BCUT2D eigenvalue weighted by Gasteiger charge is -2.33. The molecule has 1 aromatic heterocycles. The van der Waals surface area contributed by atoms with Crippen molar-refractivity contribution < 1.29 is 4.42 Å². The average Bonchev–Trinajstić information content (AvgIpc) is 3.70. The summed E-state index contributed by atoms with van der Waals surface area (Å²) in [6.45, 7) is 0. The van der Waals surface area contributed by atoms with Gasteiger partial charge in [-0.15, -0.1) is 0 Å². The van der Waals surface area contributed by atoms with Gasteiger partial charge < -0.3 is 4.42 Å². The first kappa shape index (κ1) is 47.4. The van der Waals surface area contributed by atoms with Crippen molar-refractivity contribution in [3.05, 3.63) is 12.1 Å². The van der Waals surface area contributed by atoms with E-state index in [1.165, 1.54) is 306 Å². The van der Waals surface area contributed by atoms with Gasteiger partial charge in [0.1, 0.15) is 16.1 Å². The van der Waals surface area contributed by atoms with Crippen LogP contribution in [0.15, 0.2) is 16.5 Å². The topological polar surface area (TPSA) is 13.1 Å². The fourth-order valence-corrected chi connectivity index (χ4v) is 21.7. The number of hydrogen-bond donors (Lipinski definition) is 0. The van der Waals surface area contributed by atoms with Crippen molar-refractivity contribution in [3.63, 3.8) is 0 Å². The molecule has 4 heterocycles. The molecule has 4 rings (SSSR count). The summed E-state index contributed by atoms with van der Waals surface area (Å²) < 4.78 is 7.74. The van der Waals surface area contributed by atoms with Crippen LogP contribution in [-0.4, -0.2) is 16.1 Å². The Hall–Kier alpha value is -0.286. The molecule has 0 aromatic carbocycles. The van der Waals surface area contributed by atoms with Crippen LogP contribution in [0.1, 0.15) is 270 Å². The van der Waals surface area contributed by atoms with Gasteiger partial charge in [0.05, 0.1) is 10.8 Å². The Kier molecular flexibility index (Phi) is 27.2. The maximum absolute atomic E-state index is 7.74. The second-order valence-electron chi connectivity index (χ2n) is 20.1. The molecule has 0 N–H and O–H groups in total. The van der Waals surface area contributed by atoms with E-state index < -0.39 is 16.1 Å². The van der Waals surface area contributed by atoms with E-state index >= 15 is 0 Å². The quantitative estimate of drug-likeness (QED) is 0.238. The third-order valence-corrected chi connectivity index (χ3v) is 25.8. The number of rotatable bonds is 0. The van der Waals surface area contributed by atoms with Crippen molar-refractivity contribution in [3.8, 4) is 0 Å². The maximum Gasteiger partial charge on any atom is 0.132 e. The summed E-state index contributed by atoms with van der Waals surface area (Å²) in [7, 11) is -3.45. The first-order valence-electron chi connectivity index (χ1n) is 26.4. The average molecular weight is 796 g/mol. The summed E-state index contributed by atoms with van der Waals surface area (Å²) in [4.78, 5) is 0. The summed E-state index contributed by atoms with van der Waals surface area (Å²) in [5.74, 6) is 0. The lowest BCUT2D eigenvalue weighted by atomic mass is 10.0.